The first kappa shape index (κ1) is 13.8. The van der Waals surface area contributed by atoms with Crippen LogP contribution in [-0.4, -0.2) is 27.6 Å². The van der Waals surface area contributed by atoms with Crippen LogP contribution in [0.4, 0.5) is 0 Å². The van der Waals surface area contributed by atoms with E-state index in [9.17, 15) is 4.79 Å². The Bertz CT molecular complexity index is 665. The van der Waals surface area contributed by atoms with Gasteiger partial charge >= 0.3 is 5.97 Å². The number of carbonyl (C=O) groups excluding carboxylic acids is 1. The first-order chi connectivity index (χ1) is 10.2. The van der Waals surface area contributed by atoms with Crippen molar-refractivity contribution in [3.63, 3.8) is 0 Å². The van der Waals surface area contributed by atoms with Crippen LogP contribution in [0.3, 0.4) is 0 Å². The van der Waals surface area contributed by atoms with Gasteiger partial charge in [0.25, 0.3) is 0 Å². The number of carbonyl (C=O) groups is 1. The molecule has 0 aliphatic heterocycles. The van der Waals surface area contributed by atoms with Crippen molar-refractivity contribution in [3.05, 3.63) is 46.8 Å². The maximum Gasteiger partial charge on any atom is 0.360 e. The highest BCUT2D eigenvalue weighted by atomic mass is 16.5. The Morgan fingerprint density at radius 3 is 3.00 bits per heavy atom. The van der Waals surface area contributed by atoms with Gasteiger partial charge in [0, 0.05) is 12.5 Å². The fourth-order valence-corrected chi connectivity index (χ4v) is 2.77. The van der Waals surface area contributed by atoms with E-state index >= 15 is 0 Å². The lowest BCUT2D eigenvalue weighted by molar-refractivity contribution is 0.0518. The van der Waals surface area contributed by atoms with Gasteiger partial charge in [-0.25, -0.2) is 9.48 Å². The molecule has 0 spiro atoms. The number of nitrogens with zero attached hydrogens (tertiary/aromatic N) is 3. The monoisotopic (exact) mass is 286 g/mol. The minimum Gasteiger partial charge on any atom is -0.461 e. The van der Waals surface area contributed by atoms with E-state index in [2.05, 4.69) is 28.5 Å². The topological polar surface area (TPSA) is 83.0 Å². The molecule has 3 rings (SSSR count). The Morgan fingerprint density at radius 1 is 1.48 bits per heavy atom. The summed E-state index contributed by atoms with van der Waals surface area (Å²) in [4.78, 5) is 11.8. The summed E-state index contributed by atoms with van der Waals surface area (Å²) in [5.74, 6) is -0.0542. The number of aromatic nitrogens is 3. The van der Waals surface area contributed by atoms with Gasteiger partial charge in [-0.3, -0.25) is 0 Å². The van der Waals surface area contributed by atoms with Gasteiger partial charge in [-0.15, -0.1) is 5.10 Å². The van der Waals surface area contributed by atoms with Gasteiger partial charge in [0.15, 0.2) is 5.69 Å². The SMILES string of the molecule is CCOC(=O)c1nnn(CC2Cc3ccccc32)c1CN. The average Bonchev–Trinajstić information content (AvgIpc) is 2.88. The number of hydrogen-bond acceptors (Lipinski definition) is 5. The predicted molar refractivity (Wildman–Crippen MR) is 76.8 cm³/mol. The summed E-state index contributed by atoms with van der Waals surface area (Å²) >= 11 is 0. The van der Waals surface area contributed by atoms with Crippen molar-refractivity contribution in [2.75, 3.05) is 6.61 Å². The van der Waals surface area contributed by atoms with Crippen LogP contribution in [0.5, 0.6) is 0 Å². The second-order valence-corrected chi connectivity index (χ2v) is 5.09. The molecule has 6 heteroatoms. The molecule has 110 valence electrons. The Hall–Kier alpha value is -2.21. The minimum atomic E-state index is -0.460. The molecular weight excluding hydrogens is 268 g/mol. The van der Waals surface area contributed by atoms with Crippen LogP contribution in [0.15, 0.2) is 24.3 Å². The van der Waals surface area contributed by atoms with Crippen molar-refractivity contribution >= 4 is 5.97 Å². The quantitative estimate of drug-likeness (QED) is 0.836. The summed E-state index contributed by atoms with van der Waals surface area (Å²) < 4.78 is 6.70. The van der Waals surface area contributed by atoms with Crippen molar-refractivity contribution in [3.8, 4) is 0 Å². The molecule has 1 aliphatic rings. The third-order valence-corrected chi connectivity index (χ3v) is 3.85. The second kappa shape index (κ2) is 5.65. The van der Waals surface area contributed by atoms with Crippen molar-refractivity contribution in [2.45, 2.75) is 32.4 Å². The highest BCUT2D eigenvalue weighted by Crippen LogP contribution is 2.36. The molecule has 1 aliphatic carbocycles. The molecule has 0 amide bonds. The Labute approximate surface area is 122 Å². The van der Waals surface area contributed by atoms with E-state index in [4.69, 9.17) is 10.5 Å². The fraction of sp³-hybridized carbons (Fsp3) is 0.400. The third-order valence-electron chi connectivity index (χ3n) is 3.85. The lowest BCUT2D eigenvalue weighted by Crippen LogP contribution is -2.24. The summed E-state index contributed by atoms with van der Waals surface area (Å²) in [6.45, 7) is 2.98. The Balaban J connectivity index is 1.80. The van der Waals surface area contributed by atoms with Crippen molar-refractivity contribution in [1.82, 2.24) is 15.0 Å². The Kier molecular flexibility index (Phi) is 3.70. The average molecular weight is 286 g/mol. The maximum absolute atomic E-state index is 11.8. The lowest BCUT2D eigenvalue weighted by Gasteiger charge is -2.30. The van der Waals surface area contributed by atoms with Crippen LogP contribution < -0.4 is 5.73 Å². The van der Waals surface area contributed by atoms with Gasteiger partial charge in [0.2, 0.25) is 0 Å². The van der Waals surface area contributed by atoms with Gasteiger partial charge in [0.05, 0.1) is 18.8 Å². The molecule has 1 heterocycles. The molecule has 1 aromatic heterocycles. The first-order valence-corrected chi connectivity index (χ1v) is 7.12. The van der Waals surface area contributed by atoms with Crippen molar-refractivity contribution in [2.24, 2.45) is 5.73 Å². The molecule has 0 saturated heterocycles. The minimum absolute atomic E-state index is 0.218. The molecule has 0 radical (unpaired) electrons. The number of rotatable bonds is 5. The van der Waals surface area contributed by atoms with E-state index in [0.717, 1.165) is 6.42 Å². The molecule has 21 heavy (non-hydrogen) atoms. The molecule has 2 N–H and O–H groups in total. The maximum atomic E-state index is 11.8. The zero-order valence-electron chi connectivity index (χ0n) is 12.0. The number of benzene rings is 1. The molecule has 0 saturated carbocycles. The predicted octanol–water partition coefficient (Wildman–Crippen LogP) is 1.25. The second-order valence-electron chi connectivity index (χ2n) is 5.09. The highest BCUT2D eigenvalue weighted by Gasteiger charge is 2.28. The molecular formula is C15H18N4O2. The van der Waals surface area contributed by atoms with Gasteiger partial charge in [0.1, 0.15) is 0 Å². The molecule has 0 fully saturated rings. The van der Waals surface area contributed by atoms with Crippen LogP contribution in [-0.2, 0) is 24.2 Å². The molecule has 6 nitrogen and oxygen atoms in total. The van der Waals surface area contributed by atoms with Crippen LogP contribution >= 0.6 is 0 Å². The molecule has 1 atom stereocenters. The van der Waals surface area contributed by atoms with Gasteiger partial charge in [-0.05, 0) is 24.5 Å². The molecule has 0 bridgehead atoms. The molecule has 2 aromatic rings. The van der Waals surface area contributed by atoms with Crippen molar-refractivity contribution < 1.29 is 9.53 Å². The fourth-order valence-electron chi connectivity index (χ4n) is 2.77. The van der Waals surface area contributed by atoms with E-state index < -0.39 is 5.97 Å². The summed E-state index contributed by atoms with van der Waals surface area (Å²) in [5, 5.41) is 8.00. The Morgan fingerprint density at radius 2 is 2.29 bits per heavy atom. The van der Waals surface area contributed by atoms with Gasteiger partial charge < -0.3 is 10.5 Å². The van der Waals surface area contributed by atoms with Crippen LogP contribution in [0.1, 0.15) is 40.2 Å². The zero-order valence-corrected chi connectivity index (χ0v) is 12.0. The van der Waals surface area contributed by atoms with Gasteiger partial charge in [-0.2, -0.15) is 0 Å². The van der Waals surface area contributed by atoms with Crippen LogP contribution in [0.25, 0.3) is 0 Å². The summed E-state index contributed by atoms with van der Waals surface area (Å²) in [5.41, 5.74) is 9.34. The van der Waals surface area contributed by atoms with Gasteiger partial charge in [-0.1, -0.05) is 29.5 Å². The number of hydrogen-bond donors (Lipinski definition) is 1. The van der Waals surface area contributed by atoms with Crippen LogP contribution in [0.2, 0.25) is 0 Å². The van der Waals surface area contributed by atoms with Crippen molar-refractivity contribution in [1.29, 1.82) is 0 Å². The molecule has 1 aromatic carbocycles. The number of esters is 1. The van der Waals surface area contributed by atoms with Crippen LogP contribution in [0, 0.1) is 0 Å². The smallest absolute Gasteiger partial charge is 0.360 e. The van der Waals surface area contributed by atoms with E-state index in [1.807, 2.05) is 6.07 Å². The number of nitrogens with two attached hydrogens (primary N) is 1. The normalized spacial score (nSPS) is 16.2. The standard InChI is InChI=1S/C15H18N4O2/c1-2-21-15(20)14-13(8-16)19(18-17-14)9-11-7-10-5-3-4-6-12(10)11/h3-6,11H,2,7-9,16H2,1H3. The lowest BCUT2D eigenvalue weighted by atomic mass is 9.77. The summed E-state index contributed by atoms with van der Waals surface area (Å²) in [6, 6.07) is 8.37. The summed E-state index contributed by atoms with van der Waals surface area (Å²) in [7, 11) is 0. The highest BCUT2D eigenvalue weighted by molar-refractivity contribution is 5.88. The summed E-state index contributed by atoms with van der Waals surface area (Å²) in [6.07, 6.45) is 1.02. The number of ether oxygens (including phenoxy) is 1. The van der Waals surface area contributed by atoms with E-state index in [1.165, 1.54) is 11.1 Å². The number of fused-ring (bicyclic) bond motifs is 1. The first-order valence-electron chi connectivity index (χ1n) is 7.12. The molecule has 1 unspecified atom stereocenters. The van der Waals surface area contributed by atoms with E-state index in [-0.39, 0.29) is 12.2 Å². The van der Waals surface area contributed by atoms with E-state index in [1.54, 1.807) is 11.6 Å². The largest absolute Gasteiger partial charge is 0.461 e. The zero-order chi connectivity index (χ0) is 14.8. The van der Waals surface area contributed by atoms with E-state index in [0.29, 0.717) is 24.8 Å². The third kappa shape index (κ3) is 2.42.